The lowest BCUT2D eigenvalue weighted by atomic mass is 9.82. The first-order chi connectivity index (χ1) is 27.3. The van der Waals surface area contributed by atoms with E-state index in [9.17, 15) is 0 Å². The third-order valence-electron chi connectivity index (χ3n) is 12.2. The highest BCUT2D eigenvalue weighted by Crippen LogP contribution is 2.48. The fraction of sp³-hybridized carbons (Fsp3) is 0.140. The van der Waals surface area contributed by atoms with E-state index < -0.39 is 0 Å². The average Bonchev–Trinajstić information content (AvgIpc) is 3.90. The Morgan fingerprint density at radius 3 is 2.15 bits per heavy atom. The number of aromatic nitrogens is 2. The minimum absolute atomic E-state index is 0.0793. The van der Waals surface area contributed by atoms with Gasteiger partial charge in [0.25, 0.3) is 0 Å². The molecule has 4 heterocycles. The second-order valence-corrected chi connectivity index (χ2v) is 15.3. The number of nitrogens with zero attached hydrogens (tertiary/aromatic N) is 3. The summed E-state index contributed by atoms with van der Waals surface area (Å²) in [4.78, 5) is 5.45. The largest absolute Gasteiger partial charge is 0.485 e. The molecule has 0 bridgehead atoms. The highest BCUT2D eigenvalue weighted by molar-refractivity contribution is 6.19. The molecule has 5 heteroatoms. The van der Waals surface area contributed by atoms with Gasteiger partial charge in [0.05, 0.1) is 33.7 Å². The van der Waals surface area contributed by atoms with Crippen LogP contribution in [0.3, 0.4) is 0 Å². The van der Waals surface area contributed by atoms with Crippen LogP contribution < -0.4 is 10.1 Å². The standard InChI is InChI=1S/C50H38N4O/c1-3-14-31(15-4-1)49-36-20-7-10-22-41(36)51-50(52-49)38-21-13-25-46-48(38)37-27-26-33(28-47(37)55-46)54-43-24-12-9-19-35(43)40-29-44-39(30-45(40)54)34-18-8-11-23-42(34)53(44)32-16-5-2-6-17-32/h2-3,5-9,11-21,23-30,46,48,50-51H,1,4,10,22H2. The van der Waals surface area contributed by atoms with Crippen molar-refractivity contribution >= 4 is 49.3 Å². The fourth-order valence-electron chi connectivity index (χ4n) is 9.75. The molecular weight excluding hydrogens is 673 g/mol. The Kier molecular flexibility index (Phi) is 6.70. The molecule has 3 atom stereocenters. The second kappa shape index (κ2) is 12.0. The number of ether oxygens (including phenoxy) is 1. The van der Waals surface area contributed by atoms with Gasteiger partial charge in [-0.05, 0) is 85.4 Å². The van der Waals surface area contributed by atoms with Crippen LogP contribution in [0.2, 0.25) is 0 Å². The minimum atomic E-state index is -0.152. The van der Waals surface area contributed by atoms with Crippen LogP contribution in [0.4, 0.5) is 0 Å². The summed E-state index contributed by atoms with van der Waals surface area (Å²) < 4.78 is 11.7. The molecule has 55 heavy (non-hydrogen) atoms. The van der Waals surface area contributed by atoms with Crippen LogP contribution in [-0.4, -0.2) is 27.1 Å². The summed E-state index contributed by atoms with van der Waals surface area (Å²) in [5, 5.41) is 8.83. The first kappa shape index (κ1) is 30.8. The molecule has 3 unspecified atom stereocenters. The highest BCUT2D eigenvalue weighted by Gasteiger charge is 2.41. The monoisotopic (exact) mass is 710 g/mol. The van der Waals surface area contributed by atoms with Crippen molar-refractivity contribution in [2.24, 2.45) is 4.99 Å². The SMILES string of the molecule is C1=CC2Oc3cc(-n4c5ccccc5c5cc6c(cc54)c4ccccc4n6-c4ccccc4)ccc3C2C(C2N=C(C3=CCCC=C3)C3=C(CCC=C3)N2)=C1. The number of benzene rings is 5. The number of allylic oxidation sites excluding steroid dienone is 10. The molecule has 7 aromatic rings. The molecule has 2 aromatic heterocycles. The van der Waals surface area contributed by atoms with Gasteiger partial charge in [0.15, 0.2) is 0 Å². The third kappa shape index (κ3) is 4.62. The molecule has 2 aliphatic heterocycles. The van der Waals surface area contributed by atoms with Crippen LogP contribution in [0.15, 0.2) is 185 Å². The normalized spacial score (nSPS) is 21.3. The molecule has 0 radical (unpaired) electrons. The van der Waals surface area contributed by atoms with E-state index >= 15 is 0 Å². The quantitative estimate of drug-likeness (QED) is 0.198. The molecule has 0 fully saturated rings. The summed E-state index contributed by atoms with van der Waals surface area (Å²) in [6.07, 6.45) is 22.0. The minimum Gasteiger partial charge on any atom is -0.485 e. The first-order valence-electron chi connectivity index (χ1n) is 19.6. The molecule has 5 nitrogen and oxygen atoms in total. The number of para-hydroxylation sites is 3. The zero-order valence-electron chi connectivity index (χ0n) is 30.3. The maximum Gasteiger partial charge on any atom is 0.142 e. The molecule has 1 N–H and O–H groups in total. The number of hydrogen-bond acceptors (Lipinski definition) is 3. The Balaban J connectivity index is 0.989. The van der Waals surface area contributed by atoms with Crippen molar-refractivity contribution in [3.8, 4) is 17.1 Å². The molecule has 0 spiro atoms. The van der Waals surface area contributed by atoms with Gasteiger partial charge in [-0.25, -0.2) is 0 Å². The van der Waals surface area contributed by atoms with Crippen molar-refractivity contribution in [2.75, 3.05) is 0 Å². The van der Waals surface area contributed by atoms with E-state index in [0.29, 0.717) is 0 Å². The lowest BCUT2D eigenvalue weighted by Gasteiger charge is -2.34. The fourth-order valence-corrected chi connectivity index (χ4v) is 9.75. The Morgan fingerprint density at radius 2 is 1.38 bits per heavy atom. The molecule has 3 aliphatic carbocycles. The summed E-state index contributed by atoms with van der Waals surface area (Å²) in [5.41, 5.74) is 14.4. The van der Waals surface area contributed by atoms with Gasteiger partial charge in [-0.15, -0.1) is 0 Å². The lowest BCUT2D eigenvalue weighted by Crippen LogP contribution is -2.39. The van der Waals surface area contributed by atoms with Gasteiger partial charge in [-0.1, -0.05) is 103 Å². The summed E-state index contributed by atoms with van der Waals surface area (Å²) in [6, 6.07) is 39.9. The zero-order valence-corrected chi connectivity index (χ0v) is 30.3. The van der Waals surface area contributed by atoms with E-state index in [1.165, 1.54) is 71.6 Å². The molecule has 0 saturated heterocycles. The van der Waals surface area contributed by atoms with Crippen molar-refractivity contribution in [3.63, 3.8) is 0 Å². The lowest BCUT2D eigenvalue weighted by molar-refractivity contribution is 0.261. The van der Waals surface area contributed by atoms with Gasteiger partial charge < -0.3 is 19.2 Å². The predicted molar refractivity (Wildman–Crippen MR) is 226 cm³/mol. The third-order valence-corrected chi connectivity index (χ3v) is 12.2. The summed E-state index contributed by atoms with van der Waals surface area (Å²) in [6.45, 7) is 0. The van der Waals surface area contributed by atoms with Crippen LogP contribution >= 0.6 is 0 Å². The van der Waals surface area contributed by atoms with Gasteiger partial charge in [0.2, 0.25) is 0 Å². The van der Waals surface area contributed by atoms with E-state index in [-0.39, 0.29) is 18.2 Å². The topological polar surface area (TPSA) is 43.5 Å². The number of fused-ring (bicyclic) bond motifs is 9. The van der Waals surface area contributed by atoms with Gasteiger partial charge in [0, 0.05) is 55.8 Å². The van der Waals surface area contributed by atoms with Crippen molar-refractivity contribution in [3.05, 3.63) is 186 Å². The maximum absolute atomic E-state index is 6.86. The zero-order chi connectivity index (χ0) is 36.0. The van der Waals surface area contributed by atoms with Crippen LogP contribution in [0.1, 0.15) is 37.2 Å². The molecule has 5 aliphatic rings. The molecule has 0 saturated carbocycles. The Labute approximate surface area is 319 Å². The van der Waals surface area contributed by atoms with E-state index in [1.54, 1.807) is 0 Å². The number of rotatable bonds is 4. The van der Waals surface area contributed by atoms with Crippen LogP contribution in [0, 0.1) is 0 Å². The Morgan fingerprint density at radius 1 is 0.655 bits per heavy atom. The van der Waals surface area contributed by atoms with Crippen molar-refractivity contribution in [1.82, 2.24) is 14.5 Å². The second-order valence-electron chi connectivity index (χ2n) is 15.3. The van der Waals surface area contributed by atoms with Crippen LogP contribution in [-0.2, 0) is 0 Å². The number of aliphatic imine (C=N–C) groups is 1. The number of hydrogen-bond donors (Lipinski definition) is 1. The summed E-state index contributed by atoms with van der Waals surface area (Å²) >= 11 is 0. The molecular formula is C50H38N4O. The van der Waals surface area contributed by atoms with Gasteiger partial charge in [0.1, 0.15) is 18.0 Å². The summed E-state index contributed by atoms with van der Waals surface area (Å²) in [7, 11) is 0. The highest BCUT2D eigenvalue weighted by atomic mass is 16.5. The van der Waals surface area contributed by atoms with Gasteiger partial charge >= 0.3 is 0 Å². The van der Waals surface area contributed by atoms with Gasteiger partial charge in [-0.2, -0.15) is 0 Å². The van der Waals surface area contributed by atoms with Gasteiger partial charge in [-0.3, -0.25) is 4.99 Å². The van der Waals surface area contributed by atoms with Crippen molar-refractivity contribution < 1.29 is 4.74 Å². The van der Waals surface area contributed by atoms with E-state index in [2.05, 4.69) is 172 Å². The van der Waals surface area contributed by atoms with Crippen LogP contribution in [0.5, 0.6) is 5.75 Å². The molecule has 5 aromatic carbocycles. The van der Waals surface area contributed by atoms with E-state index in [4.69, 9.17) is 9.73 Å². The maximum atomic E-state index is 6.86. The molecule has 12 rings (SSSR count). The Hall–Kier alpha value is -6.59. The van der Waals surface area contributed by atoms with E-state index in [1.807, 2.05) is 0 Å². The first-order valence-corrected chi connectivity index (χ1v) is 19.6. The van der Waals surface area contributed by atoms with Crippen molar-refractivity contribution in [1.29, 1.82) is 0 Å². The van der Waals surface area contributed by atoms with Crippen molar-refractivity contribution in [2.45, 2.75) is 43.9 Å². The Bertz CT molecular complexity index is 3000. The molecule has 264 valence electrons. The van der Waals surface area contributed by atoms with Crippen LogP contribution in [0.25, 0.3) is 55.0 Å². The average molecular weight is 711 g/mol. The van der Waals surface area contributed by atoms with E-state index in [0.717, 1.165) is 48.5 Å². The molecule has 0 amide bonds. The summed E-state index contributed by atoms with van der Waals surface area (Å²) in [5.74, 6) is 1.02. The smallest absolute Gasteiger partial charge is 0.142 e. The predicted octanol–water partition coefficient (Wildman–Crippen LogP) is 11.5. The number of nitrogens with one attached hydrogen (secondary N) is 1.